The topological polar surface area (TPSA) is 42.0 Å². The molecule has 2 aromatic heterocycles. The maximum Gasteiger partial charge on any atom is 0.223 e. The van der Waals surface area contributed by atoms with Crippen LogP contribution in [0.1, 0.15) is 43.5 Å². The summed E-state index contributed by atoms with van der Waals surface area (Å²) < 4.78 is 0. The van der Waals surface area contributed by atoms with E-state index < -0.39 is 0 Å². The summed E-state index contributed by atoms with van der Waals surface area (Å²) in [6.07, 6.45) is 5.65. The number of aromatic nitrogens is 1. The number of anilines is 1. The Labute approximate surface area is 128 Å². The van der Waals surface area contributed by atoms with Crippen LogP contribution in [-0.4, -0.2) is 10.9 Å². The van der Waals surface area contributed by atoms with Gasteiger partial charge in [0, 0.05) is 12.3 Å². The highest BCUT2D eigenvalue weighted by atomic mass is 32.1. The molecule has 0 unspecified atom stereocenters. The van der Waals surface area contributed by atoms with E-state index in [0.717, 1.165) is 18.5 Å². The Bertz CT molecular complexity index is 560. The molecule has 0 radical (unpaired) electrons. The molecule has 0 saturated heterocycles. The molecule has 2 heterocycles. The highest BCUT2D eigenvalue weighted by Gasteiger charge is 2.07. The van der Waals surface area contributed by atoms with Gasteiger partial charge in [0.1, 0.15) is 0 Å². The van der Waals surface area contributed by atoms with Gasteiger partial charge in [-0.1, -0.05) is 13.3 Å². The molecular weight excluding hydrogens is 288 g/mol. The second-order valence-corrected chi connectivity index (χ2v) is 6.45. The third-order valence-electron chi connectivity index (χ3n) is 3.12. The van der Waals surface area contributed by atoms with Crippen molar-refractivity contribution in [2.24, 2.45) is 0 Å². The lowest BCUT2D eigenvalue weighted by atomic mass is 10.0. The zero-order valence-electron chi connectivity index (χ0n) is 11.9. The van der Waals surface area contributed by atoms with Gasteiger partial charge in [0.05, 0.1) is 5.69 Å². The van der Waals surface area contributed by atoms with E-state index in [0.29, 0.717) is 5.13 Å². The number of hydrogen-bond donors (Lipinski definition) is 1. The van der Waals surface area contributed by atoms with E-state index in [-0.39, 0.29) is 5.91 Å². The van der Waals surface area contributed by atoms with E-state index in [1.54, 1.807) is 11.3 Å². The van der Waals surface area contributed by atoms with Crippen molar-refractivity contribution in [1.82, 2.24) is 4.98 Å². The Morgan fingerprint density at radius 3 is 2.65 bits per heavy atom. The lowest BCUT2D eigenvalue weighted by Gasteiger charge is -2.02. The van der Waals surface area contributed by atoms with Crippen LogP contribution in [0.3, 0.4) is 0 Å². The van der Waals surface area contributed by atoms with Crippen molar-refractivity contribution in [2.45, 2.75) is 46.0 Å². The zero-order chi connectivity index (χ0) is 14.4. The number of carbonyl (C=O) groups is 1. The molecule has 0 aromatic carbocycles. The maximum atomic E-state index is 11.0. The van der Waals surface area contributed by atoms with Gasteiger partial charge < -0.3 is 5.32 Å². The molecule has 0 fully saturated rings. The Morgan fingerprint density at radius 2 is 1.95 bits per heavy atom. The Morgan fingerprint density at radius 1 is 1.20 bits per heavy atom. The Hall–Kier alpha value is -1.20. The van der Waals surface area contributed by atoms with Gasteiger partial charge in [-0.05, 0) is 47.6 Å². The summed E-state index contributed by atoms with van der Waals surface area (Å²) in [5.41, 5.74) is 4.01. The summed E-state index contributed by atoms with van der Waals surface area (Å²) in [7, 11) is 0. The first-order valence-corrected chi connectivity index (χ1v) is 8.77. The van der Waals surface area contributed by atoms with Crippen LogP contribution in [0.15, 0.2) is 16.1 Å². The molecule has 1 N–H and O–H groups in total. The Kier molecular flexibility index (Phi) is 5.73. The number of thiazole rings is 1. The zero-order valence-corrected chi connectivity index (χ0v) is 13.6. The number of amides is 1. The van der Waals surface area contributed by atoms with Gasteiger partial charge in [-0.3, -0.25) is 4.79 Å². The molecule has 2 rings (SSSR count). The Balaban J connectivity index is 1.90. The largest absolute Gasteiger partial charge is 0.302 e. The second-order valence-electron chi connectivity index (χ2n) is 4.85. The van der Waals surface area contributed by atoms with E-state index in [1.165, 1.54) is 48.6 Å². The summed E-state index contributed by atoms with van der Waals surface area (Å²) in [6.45, 7) is 3.73. The molecule has 2 aromatic rings. The van der Waals surface area contributed by atoms with E-state index in [9.17, 15) is 4.79 Å². The fraction of sp³-hybridized carbons (Fsp3) is 0.467. The van der Waals surface area contributed by atoms with Gasteiger partial charge >= 0.3 is 0 Å². The van der Waals surface area contributed by atoms with E-state index in [4.69, 9.17) is 0 Å². The molecule has 0 bridgehead atoms. The van der Waals surface area contributed by atoms with Crippen molar-refractivity contribution in [3.05, 3.63) is 33.0 Å². The number of thiophene rings is 1. The first-order valence-electron chi connectivity index (χ1n) is 6.95. The van der Waals surface area contributed by atoms with Crippen LogP contribution in [0, 0.1) is 0 Å². The summed E-state index contributed by atoms with van der Waals surface area (Å²) in [4.78, 5) is 15.4. The van der Waals surface area contributed by atoms with Crippen LogP contribution in [-0.2, 0) is 24.1 Å². The molecule has 0 aliphatic heterocycles. The minimum Gasteiger partial charge on any atom is -0.302 e. The van der Waals surface area contributed by atoms with Crippen LogP contribution in [0.2, 0.25) is 0 Å². The second kappa shape index (κ2) is 7.55. The molecule has 0 atom stereocenters. The van der Waals surface area contributed by atoms with E-state index in [2.05, 4.69) is 28.0 Å². The third-order valence-corrected chi connectivity index (χ3v) is 4.77. The number of hydrogen-bond acceptors (Lipinski definition) is 4. The molecule has 20 heavy (non-hydrogen) atoms. The fourth-order valence-electron chi connectivity index (χ4n) is 2.05. The average molecular weight is 308 g/mol. The number of rotatable bonds is 7. The maximum absolute atomic E-state index is 11.0. The number of nitrogens with one attached hydrogen (secondary N) is 1. The minimum absolute atomic E-state index is 0.0643. The van der Waals surface area contributed by atoms with Crippen LogP contribution in [0.5, 0.6) is 0 Å². The summed E-state index contributed by atoms with van der Waals surface area (Å²) in [5.74, 6) is -0.0643. The van der Waals surface area contributed by atoms with Crippen LogP contribution >= 0.6 is 22.7 Å². The lowest BCUT2D eigenvalue weighted by Crippen LogP contribution is -2.05. The van der Waals surface area contributed by atoms with Crippen molar-refractivity contribution in [2.75, 3.05) is 5.32 Å². The first-order chi connectivity index (χ1) is 9.69. The van der Waals surface area contributed by atoms with Crippen LogP contribution < -0.4 is 5.32 Å². The number of carbonyl (C=O) groups excluding carboxylic acids is 1. The molecule has 5 heteroatoms. The summed E-state index contributed by atoms with van der Waals surface area (Å²) in [5, 5.41) is 9.99. The number of nitrogens with zero attached hydrogens (tertiary/aromatic N) is 1. The van der Waals surface area contributed by atoms with Gasteiger partial charge in [0.15, 0.2) is 5.13 Å². The van der Waals surface area contributed by atoms with Gasteiger partial charge in [0.25, 0.3) is 0 Å². The summed E-state index contributed by atoms with van der Waals surface area (Å²) in [6, 6.07) is 0. The van der Waals surface area contributed by atoms with Crippen molar-refractivity contribution in [3.63, 3.8) is 0 Å². The van der Waals surface area contributed by atoms with Crippen LogP contribution in [0.4, 0.5) is 5.13 Å². The molecule has 0 saturated carbocycles. The van der Waals surface area contributed by atoms with Crippen LogP contribution in [0.25, 0.3) is 0 Å². The molecule has 3 nitrogen and oxygen atoms in total. The van der Waals surface area contributed by atoms with Crippen molar-refractivity contribution in [1.29, 1.82) is 0 Å². The number of aryl methyl sites for hydroxylation is 3. The van der Waals surface area contributed by atoms with Crippen molar-refractivity contribution in [3.8, 4) is 0 Å². The lowest BCUT2D eigenvalue weighted by molar-refractivity contribution is -0.114. The van der Waals surface area contributed by atoms with Crippen molar-refractivity contribution >= 4 is 33.7 Å². The average Bonchev–Trinajstić information content (AvgIpc) is 3.02. The molecule has 108 valence electrons. The molecular formula is C15H20N2OS2. The van der Waals surface area contributed by atoms with Gasteiger partial charge in [-0.25, -0.2) is 4.98 Å². The molecule has 0 spiro atoms. The minimum atomic E-state index is -0.0643. The third kappa shape index (κ3) is 4.42. The molecule has 1 amide bonds. The highest BCUT2D eigenvalue weighted by molar-refractivity contribution is 7.13. The fourth-order valence-corrected chi connectivity index (χ4v) is 3.77. The van der Waals surface area contributed by atoms with Gasteiger partial charge in [0.2, 0.25) is 5.91 Å². The quantitative estimate of drug-likeness (QED) is 0.829. The normalized spacial score (nSPS) is 10.7. The van der Waals surface area contributed by atoms with Crippen molar-refractivity contribution < 1.29 is 4.79 Å². The van der Waals surface area contributed by atoms with E-state index >= 15 is 0 Å². The van der Waals surface area contributed by atoms with E-state index in [1.807, 2.05) is 5.38 Å². The predicted molar refractivity (Wildman–Crippen MR) is 86.8 cm³/mol. The molecule has 0 aliphatic rings. The SMILES string of the molecule is CCCCc1cscc1CCc1csc(NC(C)=O)n1. The standard InChI is InChI=1S/C15H20N2OS2/c1-3-4-5-12-8-19-9-13(12)6-7-14-10-20-15(17-14)16-11(2)18/h8-10H,3-7H2,1-2H3,(H,16,17,18). The first kappa shape index (κ1) is 15.2. The smallest absolute Gasteiger partial charge is 0.223 e. The van der Waals surface area contributed by atoms with Gasteiger partial charge in [-0.15, -0.1) is 11.3 Å². The summed E-state index contributed by atoms with van der Waals surface area (Å²) >= 11 is 3.28. The number of unbranched alkanes of at least 4 members (excludes halogenated alkanes) is 1. The monoisotopic (exact) mass is 308 g/mol. The van der Waals surface area contributed by atoms with Gasteiger partial charge in [-0.2, -0.15) is 11.3 Å². The highest BCUT2D eigenvalue weighted by Crippen LogP contribution is 2.21. The molecule has 0 aliphatic carbocycles. The predicted octanol–water partition coefficient (Wildman–Crippen LogP) is 4.29.